The van der Waals surface area contributed by atoms with Crippen molar-refractivity contribution in [2.45, 2.75) is 66.2 Å². The Labute approximate surface area is 280 Å². The number of hydrogen-bond donors (Lipinski definition) is 3. The van der Waals surface area contributed by atoms with Gasteiger partial charge in [0.2, 0.25) is 17.8 Å². The van der Waals surface area contributed by atoms with Gasteiger partial charge in [0.1, 0.15) is 0 Å². The molecule has 4 rings (SSSR count). The topological polar surface area (TPSA) is 157 Å². The Balaban J connectivity index is 0.000000290. The zero-order chi connectivity index (χ0) is 34.6. The van der Waals surface area contributed by atoms with Crippen LogP contribution in [0.4, 0.5) is 32.9 Å². The summed E-state index contributed by atoms with van der Waals surface area (Å²) >= 11 is 4.60. The maximum Gasteiger partial charge on any atom is 0.514 e. The smallest absolute Gasteiger partial charge is 0.457 e. The first-order valence-corrected chi connectivity index (χ1v) is 15.6. The number of aromatic nitrogens is 4. The molecule has 4 aromatic rings. The second-order valence-electron chi connectivity index (χ2n) is 10.1. The minimum Gasteiger partial charge on any atom is -0.457 e. The molecule has 2 heterocycles. The fourth-order valence-electron chi connectivity index (χ4n) is 4.10. The Hall–Kier alpha value is -4.97. The number of ether oxygens (including phenoxy) is 3. The molecule has 0 radical (unpaired) electrons. The Morgan fingerprint density at radius 3 is 1.77 bits per heavy atom. The summed E-state index contributed by atoms with van der Waals surface area (Å²) in [5.41, 5.74) is 4.16. The van der Waals surface area contributed by atoms with E-state index in [1.807, 2.05) is 74.5 Å². The highest BCUT2D eigenvalue weighted by Gasteiger charge is 2.16. The molecule has 0 aliphatic rings. The van der Waals surface area contributed by atoms with Gasteiger partial charge in [-0.2, -0.15) is 4.98 Å². The summed E-state index contributed by atoms with van der Waals surface area (Å²) < 4.78 is 13.6. The Bertz CT molecular complexity index is 1600. The fourth-order valence-corrected chi connectivity index (χ4v) is 4.10. The van der Waals surface area contributed by atoms with Crippen molar-refractivity contribution in [3.8, 4) is 5.88 Å². The average molecular weight is 667 g/mol. The van der Waals surface area contributed by atoms with Crippen molar-refractivity contribution in [3.05, 3.63) is 93.5 Å². The molecule has 13 heteroatoms. The Kier molecular flexibility index (Phi) is 17.0. The third-order valence-electron chi connectivity index (χ3n) is 6.53. The number of halogens is 1. The van der Waals surface area contributed by atoms with Gasteiger partial charge in [0.15, 0.2) is 0 Å². The summed E-state index contributed by atoms with van der Waals surface area (Å²) in [5, 5.41) is 6.21. The van der Waals surface area contributed by atoms with E-state index in [2.05, 4.69) is 65.5 Å². The van der Waals surface area contributed by atoms with Crippen molar-refractivity contribution in [2.75, 3.05) is 24.9 Å². The quantitative estimate of drug-likeness (QED) is 0.105. The van der Waals surface area contributed by atoms with Crippen LogP contribution in [0.1, 0.15) is 62.0 Å². The van der Waals surface area contributed by atoms with E-state index >= 15 is 0 Å². The van der Waals surface area contributed by atoms with Gasteiger partial charge in [-0.1, -0.05) is 63.1 Å². The van der Waals surface area contributed by atoms with E-state index in [0.717, 1.165) is 72.4 Å². The van der Waals surface area contributed by atoms with Gasteiger partial charge >= 0.3 is 11.6 Å². The maximum absolute atomic E-state index is 12.0. The van der Waals surface area contributed by atoms with E-state index in [1.165, 1.54) is 14.2 Å². The molecule has 0 amide bonds. The van der Waals surface area contributed by atoms with E-state index in [0.29, 0.717) is 11.9 Å². The van der Waals surface area contributed by atoms with E-state index in [-0.39, 0.29) is 11.4 Å². The largest absolute Gasteiger partial charge is 0.514 e. The number of unbranched alkanes of at least 4 members (excludes halogenated alkanes) is 2. The van der Waals surface area contributed by atoms with Crippen LogP contribution in [0.3, 0.4) is 0 Å². The highest BCUT2D eigenvalue weighted by molar-refractivity contribution is 6.61. The van der Waals surface area contributed by atoms with Crippen LogP contribution >= 0.6 is 11.6 Å². The molecule has 0 aliphatic heterocycles. The lowest BCUT2D eigenvalue weighted by molar-refractivity contribution is 0.119. The number of hydrogen-bond acceptors (Lipinski definition) is 11. The number of aryl methyl sites for hydroxylation is 2. The Morgan fingerprint density at radius 2 is 1.28 bits per heavy atom. The minimum absolute atomic E-state index is 0.0422. The summed E-state index contributed by atoms with van der Waals surface area (Å²) in [6, 6.07) is 19.2. The van der Waals surface area contributed by atoms with Gasteiger partial charge in [-0.15, -0.1) is 0 Å². The zero-order valence-corrected chi connectivity index (χ0v) is 28.4. The molecule has 3 N–H and O–H groups in total. The van der Waals surface area contributed by atoms with E-state index in [1.54, 1.807) is 0 Å². The zero-order valence-electron chi connectivity index (χ0n) is 27.7. The van der Waals surface area contributed by atoms with Gasteiger partial charge < -0.3 is 24.8 Å². The summed E-state index contributed by atoms with van der Waals surface area (Å²) in [7, 11) is 2.49. The van der Waals surface area contributed by atoms with Crippen LogP contribution in [-0.4, -0.2) is 45.7 Å². The molecule has 0 atom stereocenters. The summed E-state index contributed by atoms with van der Waals surface area (Å²) in [6.07, 6.45) is 4.83. The van der Waals surface area contributed by atoms with Gasteiger partial charge in [0.25, 0.3) is 5.56 Å². The van der Waals surface area contributed by atoms with E-state index in [9.17, 15) is 14.4 Å². The normalized spacial score (nSPS) is 9.94. The molecule has 0 saturated heterocycles. The molecule has 0 fully saturated rings. The molecule has 12 nitrogen and oxygen atoms in total. The first kappa shape index (κ1) is 38.2. The number of benzene rings is 2. The second-order valence-corrected chi connectivity index (χ2v) is 10.4. The molecule has 252 valence electrons. The third kappa shape index (κ3) is 13.9. The third-order valence-corrected chi connectivity index (χ3v) is 6.69. The van der Waals surface area contributed by atoms with Gasteiger partial charge in [0.05, 0.1) is 14.2 Å². The van der Waals surface area contributed by atoms with E-state index < -0.39 is 11.6 Å². The number of methoxy groups -OCH3 is 2. The van der Waals surface area contributed by atoms with Crippen molar-refractivity contribution < 1.29 is 23.8 Å². The second kappa shape index (κ2) is 20.9. The number of carbonyl (C=O) groups excluding carboxylic acids is 2. The van der Waals surface area contributed by atoms with Gasteiger partial charge in [-0.3, -0.25) is 9.78 Å². The van der Waals surface area contributed by atoms with Crippen molar-refractivity contribution in [3.63, 3.8) is 0 Å². The monoisotopic (exact) mass is 666 g/mol. The number of nitrogens with one attached hydrogen (secondary N) is 3. The average Bonchev–Trinajstić information content (AvgIpc) is 3.05. The van der Waals surface area contributed by atoms with Crippen LogP contribution in [0.15, 0.2) is 65.5 Å². The Morgan fingerprint density at radius 1 is 0.766 bits per heavy atom. The lowest BCUT2D eigenvalue weighted by Gasteiger charge is -2.13. The maximum atomic E-state index is 12.0. The standard InChI is InChI=1S/C17H21N3O3.C15H19N3O.C2H3ClO2/c1-4-5-11-14-12(2)18-16(19-13-9-7-6-8-10-13)20-15(14)23-17(21)22-3;1-3-4-10-13-11(2)16-15(18-14(13)19)17-12-8-6-5-7-9-12;1-5-2(3)4/h6-10H,4-5,11H2,1-3H3,(H,18,19,20);5-9H,3-4,10H2,1-2H3,(H2,16,17,18,19);1H3. The SMILES string of the molecule is CCCCc1c(C)nc(Nc2ccccc2)[nH]c1=O.CCCCc1c(C)nc(Nc2ccccc2)nc1OC(=O)OC.COC(=O)Cl. The van der Waals surface area contributed by atoms with Crippen molar-refractivity contribution in [2.24, 2.45) is 0 Å². The molecule has 2 aromatic heterocycles. The number of para-hydroxylation sites is 2. The van der Waals surface area contributed by atoms with Crippen LogP contribution in [0.5, 0.6) is 5.88 Å². The molecule has 0 bridgehead atoms. The number of rotatable bonds is 11. The number of nitrogens with zero attached hydrogens (tertiary/aromatic N) is 3. The van der Waals surface area contributed by atoms with Gasteiger partial charge in [0, 0.05) is 45.5 Å². The predicted molar refractivity (Wildman–Crippen MR) is 184 cm³/mol. The molecule has 0 unspecified atom stereocenters. The summed E-state index contributed by atoms with van der Waals surface area (Å²) in [5.74, 6) is 1.12. The molecule has 2 aromatic carbocycles. The summed E-state index contributed by atoms with van der Waals surface area (Å²) in [4.78, 5) is 48.8. The molecule has 0 spiro atoms. The molecule has 0 aliphatic carbocycles. The number of H-pyrrole nitrogens is 1. The van der Waals surface area contributed by atoms with Gasteiger partial charge in [-0.05, 0) is 63.8 Å². The fraction of sp³-hybridized carbons (Fsp3) is 0.353. The van der Waals surface area contributed by atoms with Crippen molar-refractivity contribution in [1.29, 1.82) is 0 Å². The number of carbonyl (C=O) groups is 2. The van der Waals surface area contributed by atoms with Gasteiger partial charge in [-0.25, -0.2) is 19.6 Å². The molecular weight excluding hydrogens is 624 g/mol. The number of anilines is 4. The predicted octanol–water partition coefficient (Wildman–Crippen LogP) is 8.17. The highest BCUT2D eigenvalue weighted by atomic mass is 35.5. The van der Waals surface area contributed by atoms with Crippen LogP contribution in [0.25, 0.3) is 0 Å². The molecule has 0 saturated carbocycles. The highest BCUT2D eigenvalue weighted by Crippen LogP contribution is 2.25. The van der Waals surface area contributed by atoms with Crippen molar-refractivity contribution >= 4 is 46.5 Å². The number of aromatic amines is 1. The summed E-state index contributed by atoms with van der Waals surface area (Å²) in [6.45, 7) is 7.98. The molecular formula is C34H43ClN6O6. The lowest BCUT2D eigenvalue weighted by atomic mass is 10.1. The first-order chi connectivity index (χ1) is 22.6. The minimum atomic E-state index is -0.786. The first-order valence-electron chi connectivity index (χ1n) is 15.2. The van der Waals surface area contributed by atoms with Crippen LogP contribution in [-0.2, 0) is 22.3 Å². The van der Waals surface area contributed by atoms with Crippen LogP contribution in [0.2, 0.25) is 0 Å². The van der Waals surface area contributed by atoms with Crippen molar-refractivity contribution in [1.82, 2.24) is 19.9 Å². The molecule has 47 heavy (non-hydrogen) atoms. The van der Waals surface area contributed by atoms with Crippen LogP contribution < -0.4 is 20.9 Å². The lowest BCUT2D eigenvalue weighted by Crippen LogP contribution is -2.18. The van der Waals surface area contributed by atoms with E-state index in [4.69, 9.17) is 4.74 Å². The van der Waals surface area contributed by atoms with Crippen LogP contribution in [0, 0.1) is 13.8 Å².